The summed E-state index contributed by atoms with van der Waals surface area (Å²) in [4.78, 5) is 7.90. The number of rotatable bonds is 0. The van der Waals surface area contributed by atoms with Gasteiger partial charge in [-0.1, -0.05) is 18.2 Å². The predicted molar refractivity (Wildman–Crippen MR) is 61.2 cm³/mol. The highest BCUT2D eigenvalue weighted by atomic mass is 32.2. The van der Waals surface area contributed by atoms with E-state index >= 15 is 0 Å². The molecule has 0 radical (unpaired) electrons. The number of hydrogen-bond donors (Lipinski definition) is 0. The van der Waals surface area contributed by atoms with Crippen molar-refractivity contribution in [3.05, 3.63) is 36.0 Å². The van der Waals surface area contributed by atoms with Gasteiger partial charge >= 0.3 is 0 Å². The molecule has 70 valence electrons. The maximum Gasteiger partial charge on any atom is 0.114 e. The van der Waals surface area contributed by atoms with Gasteiger partial charge in [-0.05, 0) is 6.07 Å². The fourth-order valence-electron chi connectivity index (χ4n) is 1.80. The van der Waals surface area contributed by atoms with Gasteiger partial charge in [-0.3, -0.25) is 4.99 Å². The molecule has 0 saturated heterocycles. The van der Waals surface area contributed by atoms with E-state index in [0.717, 1.165) is 12.4 Å². The zero-order valence-electron chi connectivity index (χ0n) is 7.68. The van der Waals surface area contributed by atoms with Crippen LogP contribution in [-0.4, -0.2) is 18.6 Å². The maximum atomic E-state index is 4.33. The van der Waals surface area contributed by atoms with Gasteiger partial charge in [0.05, 0.1) is 5.69 Å². The molecule has 2 aliphatic rings. The van der Waals surface area contributed by atoms with Crippen molar-refractivity contribution in [3.8, 4) is 0 Å². The van der Waals surface area contributed by atoms with Crippen LogP contribution in [0, 0.1) is 0 Å². The first-order chi connectivity index (χ1) is 6.95. The molecular weight excluding hydrogens is 192 g/mol. The lowest BCUT2D eigenvalue weighted by Crippen LogP contribution is -2.21. The Morgan fingerprint density at radius 3 is 3.36 bits per heavy atom. The van der Waals surface area contributed by atoms with Gasteiger partial charge in [0.2, 0.25) is 0 Å². The first-order valence-corrected chi connectivity index (χ1v) is 5.63. The third kappa shape index (κ3) is 1.16. The van der Waals surface area contributed by atoms with Gasteiger partial charge in [0.25, 0.3) is 0 Å². The molecule has 0 aromatic heterocycles. The fraction of sp³-hybridized carbons (Fsp3) is 0.182. The summed E-state index contributed by atoms with van der Waals surface area (Å²) < 4.78 is 0. The highest BCUT2D eigenvalue weighted by Gasteiger charge is 2.17. The molecule has 0 aliphatic carbocycles. The van der Waals surface area contributed by atoms with Crippen LogP contribution in [0.4, 0.5) is 5.69 Å². The van der Waals surface area contributed by atoms with Crippen molar-refractivity contribution in [1.29, 1.82) is 0 Å². The van der Waals surface area contributed by atoms with Crippen LogP contribution >= 0.6 is 11.8 Å². The molecule has 2 nitrogen and oxygen atoms in total. The van der Waals surface area contributed by atoms with Crippen LogP contribution in [-0.2, 0) is 0 Å². The molecule has 0 N–H and O–H groups in total. The summed E-state index contributed by atoms with van der Waals surface area (Å²) in [5.74, 6) is 1.05. The van der Waals surface area contributed by atoms with E-state index in [9.17, 15) is 0 Å². The van der Waals surface area contributed by atoms with E-state index in [-0.39, 0.29) is 0 Å². The molecule has 14 heavy (non-hydrogen) atoms. The molecule has 0 bridgehead atoms. The second-order valence-corrected chi connectivity index (χ2v) is 4.37. The lowest BCUT2D eigenvalue weighted by Gasteiger charge is -2.24. The van der Waals surface area contributed by atoms with Crippen LogP contribution in [0.25, 0.3) is 0 Å². The van der Waals surface area contributed by atoms with Crippen molar-refractivity contribution in [3.63, 3.8) is 0 Å². The van der Waals surface area contributed by atoms with Crippen molar-refractivity contribution >= 4 is 23.7 Å². The molecular formula is C11H10N2S. The Labute approximate surface area is 87.3 Å². The van der Waals surface area contributed by atoms with Gasteiger partial charge in [-0.25, -0.2) is 0 Å². The summed E-state index contributed by atoms with van der Waals surface area (Å²) in [6.45, 7) is 0.751. The summed E-state index contributed by atoms with van der Waals surface area (Å²) in [5.41, 5.74) is 2.55. The number of hydrogen-bond acceptors (Lipinski definition) is 3. The van der Waals surface area contributed by atoms with E-state index in [1.165, 1.54) is 16.1 Å². The molecule has 1 aromatic rings. The van der Waals surface area contributed by atoms with E-state index in [0.29, 0.717) is 0 Å². The Balaban J connectivity index is 2.25. The molecule has 3 rings (SSSR count). The monoisotopic (exact) mass is 202 g/mol. The molecule has 0 unspecified atom stereocenters. The van der Waals surface area contributed by atoms with Crippen LogP contribution < -0.4 is 4.90 Å². The lowest BCUT2D eigenvalue weighted by atomic mass is 10.1. The SMILES string of the molecule is C1=CN2CN=Cc3cccc(c32)SC1. The van der Waals surface area contributed by atoms with E-state index < -0.39 is 0 Å². The van der Waals surface area contributed by atoms with Gasteiger partial charge in [0.1, 0.15) is 6.67 Å². The molecule has 0 amide bonds. The lowest BCUT2D eigenvalue weighted by molar-refractivity contribution is 0.950. The number of thioether (sulfide) groups is 1. The van der Waals surface area contributed by atoms with Gasteiger partial charge < -0.3 is 4.90 Å². The molecule has 0 fully saturated rings. The minimum atomic E-state index is 0.751. The highest BCUT2D eigenvalue weighted by molar-refractivity contribution is 7.99. The number of aliphatic imine (C=N–C) groups is 1. The Bertz CT molecular complexity index is 423. The average Bonchev–Trinajstić information content (AvgIpc) is 2.44. The van der Waals surface area contributed by atoms with Gasteiger partial charge in [-0.2, -0.15) is 0 Å². The summed E-state index contributed by atoms with van der Waals surface area (Å²) >= 11 is 1.89. The van der Waals surface area contributed by atoms with E-state index in [1.54, 1.807) is 0 Å². The largest absolute Gasteiger partial charge is 0.327 e. The first-order valence-electron chi connectivity index (χ1n) is 4.64. The minimum absolute atomic E-state index is 0.751. The number of para-hydroxylation sites is 1. The first kappa shape index (κ1) is 8.12. The summed E-state index contributed by atoms with van der Waals surface area (Å²) in [5, 5.41) is 0. The maximum absolute atomic E-state index is 4.33. The third-order valence-electron chi connectivity index (χ3n) is 2.40. The molecule has 1 aromatic carbocycles. The van der Waals surface area contributed by atoms with Crippen LogP contribution in [0.15, 0.2) is 40.4 Å². The third-order valence-corrected chi connectivity index (χ3v) is 3.40. The van der Waals surface area contributed by atoms with Crippen molar-refractivity contribution in [1.82, 2.24) is 0 Å². The van der Waals surface area contributed by atoms with Gasteiger partial charge in [-0.15, -0.1) is 11.8 Å². The molecule has 0 spiro atoms. The summed E-state index contributed by atoms with van der Waals surface area (Å²) in [7, 11) is 0. The average molecular weight is 202 g/mol. The number of benzene rings is 1. The molecule has 2 heterocycles. The highest BCUT2D eigenvalue weighted by Crippen LogP contribution is 2.36. The van der Waals surface area contributed by atoms with Gasteiger partial charge in [0, 0.05) is 28.6 Å². The fourth-order valence-corrected chi connectivity index (χ4v) is 2.70. The van der Waals surface area contributed by atoms with Gasteiger partial charge in [0.15, 0.2) is 0 Å². The number of nitrogens with zero attached hydrogens (tertiary/aromatic N) is 2. The quantitative estimate of drug-likeness (QED) is 0.642. The zero-order chi connectivity index (χ0) is 9.38. The predicted octanol–water partition coefficient (Wildman–Crippen LogP) is 2.50. The molecule has 3 heteroatoms. The van der Waals surface area contributed by atoms with Crippen LogP contribution in [0.5, 0.6) is 0 Å². The Morgan fingerprint density at radius 2 is 2.36 bits per heavy atom. The number of anilines is 1. The molecule has 0 saturated carbocycles. The molecule has 2 aliphatic heterocycles. The smallest absolute Gasteiger partial charge is 0.114 e. The standard InChI is InChI=1S/C11H10N2S/c1-3-9-7-12-8-13-5-2-6-14-10(4-1)11(9)13/h1-5,7H,6,8H2. The summed E-state index contributed by atoms with van der Waals surface area (Å²) in [6, 6.07) is 6.40. The van der Waals surface area contributed by atoms with E-state index in [1.807, 2.05) is 18.0 Å². The summed E-state index contributed by atoms with van der Waals surface area (Å²) in [6.07, 6.45) is 6.29. The molecule has 0 atom stereocenters. The van der Waals surface area contributed by atoms with Crippen molar-refractivity contribution in [2.45, 2.75) is 4.90 Å². The van der Waals surface area contributed by atoms with Crippen LogP contribution in [0.2, 0.25) is 0 Å². The van der Waals surface area contributed by atoms with E-state index in [2.05, 4.69) is 40.4 Å². The topological polar surface area (TPSA) is 15.6 Å². The van der Waals surface area contributed by atoms with Crippen LogP contribution in [0.3, 0.4) is 0 Å². The normalized spacial score (nSPS) is 17.9. The second kappa shape index (κ2) is 3.17. The van der Waals surface area contributed by atoms with Crippen molar-refractivity contribution in [2.75, 3.05) is 17.3 Å². The van der Waals surface area contributed by atoms with Crippen molar-refractivity contribution < 1.29 is 0 Å². The second-order valence-electron chi connectivity index (χ2n) is 3.31. The Kier molecular flexibility index (Phi) is 1.84. The minimum Gasteiger partial charge on any atom is -0.327 e. The Hall–Kier alpha value is -1.22. The van der Waals surface area contributed by atoms with Crippen LogP contribution in [0.1, 0.15) is 5.56 Å². The Morgan fingerprint density at radius 1 is 1.36 bits per heavy atom. The van der Waals surface area contributed by atoms with Crippen molar-refractivity contribution in [2.24, 2.45) is 4.99 Å². The van der Waals surface area contributed by atoms with E-state index in [4.69, 9.17) is 0 Å². The zero-order valence-corrected chi connectivity index (χ0v) is 8.50.